The Balaban J connectivity index is 1.44. The van der Waals surface area contributed by atoms with Gasteiger partial charge in [-0.25, -0.2) is 4.79 Å². The van der Waals surface area contributed by atoms with Gasteiger partial charge in [0.1, 0.15) is 25.0 Å². The van der Waals surface area contributed by atoms with Gasteiger partial charge in [0.2, 0.25) is 16.5 Å². The minimum absolute atomic E-state index is 0.0546. The number of hydrogen-bond donors (Lipinski definition) is 1. The highest BCUT2D eigenvalue weighted by atomic mass is 79.9. The first-order chi connectivity index (χ1) is 29.0. The van der Waals surface area contributed by atoms with E-state index in [2.05, 4.69) is 15.9 Å². The number of nitrogens with zero attached hydrogens (tertiary/aromatic N) is 2. The molecule has 19 heteroatoms. The Morgan fingerprint density at radius 1 is 0.984 bits per heavy atom. The number of benzene rings is 4. The van der Waals surface area contributed by atoms with Gasteiger partial charge in [0.15, 0.2) is 23.0 Å². The summed E-state index contributed by atoms with van der Waals surface area (Å²) < 4.78 is 65.5. The van der Waals surface area contributed by atoms with Gasteiger partial charge in [0.05, 0.1) is 51.3 Å². The van der Waals surface area contributed by atoms with E-state index in [0.717, 1.165) is 17.4 Å². The third-order valence-electron chi connectivity index (χ3n) is 10.7. The van der Waals surface area contributed by atoms with Gasteiger partial charge in [-0.15, -0.1) is 0 Å². The summed E-state index contributed by atoms with van der Waals surface area (Å²) in [5, 5.41) is 11.6. The summed E-state index contributed by atoms with van der Waals surface area (Å²) in [5.74, 6) is 0.373. The van der Waals surface area contributed by atoms with Gasteiger partial charge in [-0.3, -0.25) is 9.69 Å². The van der Waals surface area contributed by atoms with Crippen LogP contribution in [0.25, 0.3) is 0 Å². The van der Waals surface area contributed by atoms with Crippen LogP contribution in [0.15, 0.2) is 71.2 Å². The number of rotatable bonds is 14. The Morgan fingerprint density at radius 2 is 1.62 bits per heavy atom. The molecule has 2 bridgehead atoms. The van der Waals surface area contributed by atoms with E-state index in [1.165, 1.54) is 23.0 Å². The van der Waals surface area contributed by atoms with Crippen LogP contribution in [0.1, 0.15) is 51.0 Å². The molecule has 0 unspecified atom stereocenters. The van der Waals surface area contributed by atoms with Crippen LogP contribution in [0.2, 0.25) is 0 Å². The van der Waals surface area contributed by atoms with Crippen molar-refractivity contribution in [2.24, 2.45) is 0 Å². The fraction of sp³-hybridized carbons (Fsp3) is 0.381. The molecule has 0 aromatic heterocycles. The van der Waals surface area contributed by atoms with Gasteiger partial charge in [-0.2, -0.15) is 8.42 Å². The molecule has 3 aliphatic heterocycles. The quantitative estimate of drug-likeness (QED) is 0.0973. The van der Waals surface area contributed by atoms with Crippen molar-refractivity contribution < 1.29 is 55.7 Å². The number of carbonyl (C=O) groups excluding carboxylic acids is 2. The number of methoxy groups -OCH3 is 1. The van der Waals surface area contributed by atoms with Crippen LogP contribution in [0, 0.1) is 13.8 Å². The van der Waals surface area contributed by atoms with Crippen molar-refractivity contribution in [2.75, 3.05) is 40.0 Å². The maximum Gasteiger partial charge on any atom is 0.411 e. The molecule has 3 heterocycles. The summed E-state index contributed by atoms with van der Waals surface area (Å²) in [6, 6.07) is 15.4. The molecule has 1 saturated heterocycles. The first-order valence-electron chi connectivity index (χ1n) is 19.0. The number of fused-ring (bicyclic) bond motifs is 5. The Labute approximate surface area is 376 Å². The smallest absolute Gasteiger partial charge is 0.411 e. The highest BCUT2D eigenvalue weighted by Crippen LogP contribution is 2.55. The zero-order valence-corrected chi connectivity index (χ0v) is 38.0. The molecular weight excluding hydrogens is 943 g/mol. The van der Waals surface area contributed by atoms with Gasteiger partial charge in [0.25, 0.3) is 0 Å². The lowest BCUT2D eigenvalue weighted by Crippen LogP contribution is -2.68. The zero-order chi connectivity index (χ0) is 43.8. The summed E-state index contributed by atoms with van der Waals surface area (Å²) in [7, 11) is -2.56. The van der Waals surface area contributed by atoms with Crippen LogP contribution < -0.4 is 23.1 Å². The number of amides is 2. The van der Waals surface area contributed by atoms with Crippen molar-refractivity contribution in [1.82, 2.24) is 9.80 Å². The van der Waals surface area contributed by atoms with Crippen LogP contribution in [0.5, 0.6) is 28.7 Å². The molecule has 3 aliphatic rings. The molecule has 0 radical (unpaired) electrons. The standard InChI is InChI=1S/C42H42BrCl3N2O12S/c1-23-32(60-61(4,52)53)16-27(38-37(23)58-22-59-38)31(20-55-18-25-11-7-5-8-12-25)47-30(17-49)35-33-28(15-29(40(47)50)48(35)41(51)57-21-42(44,45)46)34(43)24(2)36(54-3)39(33)56-19-26-13-9-6-10-14-26/h5-14,16,29-31,35,49H,15,17-22H2,1-4H3/t29-,30-,31-,35-/m0/s1. The summed E-state index contributed by atoms with van der Waals surface area (Å²) >= 11 is 21.9. The Morgan fingerprint density at radius 3 is 2.23 bits per heavy atom. The van der Waals surface area contributed by atoms with Crippen LogP contribution in [0.4, 0.5) is 4.79 Å². The highest BCUT2D eigenvalue weighted by Gasteiger charge is 2.57. The minimum Gasteiger partial charge on any atom is -0.493 e. The molecule has 1 fully saturated rings. The minimum atomic E-state index is -4.05. The first-order valence-corrected chi connectivity index (χ1v) is 22.7. The van der Waals surface area contributed by atoms with Crippen molar-refractivity contribution in [3.05, 3.63) is 110 Å². The summed E-state index contributed by atoms with van der Waals surface area (Å²) in [6.45, 7) is 1.90. The molecular formula is C42H42BrCl3N2O12S. The summed E-state index contributed by atoms with van der Waals surface area (Å²) in [6.07, 6.45) is -0.133. The third kappa shape index (κ3) is 9.31. The van der Waals surface area contributed by atoms with E-state index in [1.54, 1.807) is 6.92 Å². The number of halogens is 4. The van der Waals surface area contributed by atoms with E-state index in [0.29, 0.717) is 32.5 Å². The Kier molecular flexibility index (Phi) is 13.5. The van der Waals surface area contributed by atoms with E-state index in [-0.39, 0.29) is 61.6 Å². The summed E-state index contributed by atoms with van der Waals surface area (Å²) in [4.78, 5) is 32.5. The SMILES string of the molecule is COc1c(C)c(Br)c2c(c1OCc1ccccc1)[C@@H]1[C@H](CO)N([C@@H](COCc3ccccc3)c3cc(OS(C)(=O)=O)c(C)c4c3OCO4)C(=O)[C@H](C2)N1C(=O)OCC(Cl)(Cl)Cl. The maximum atomic E-state index is 15.4. The number of hydrogen-bond acceptors (Lipinski definition) is 12. The van der Waals surface area contributed by atoms with E-state index >= 15 is 4.79 Å². The van der Waals surface area contributed by atoms with Gasteiger partial charge in [-0.1, -0.05) is 111 Å². The molecule has 4 atom stereocenters. The van der Waals surface area contributed by atoms with Crippen molar-refractivity contribution in [3.8, 4) is 28.7 Å². The predicted octanol–water partition coefficient (Wildman–Crippen LogP) is 7.66. The molecule has 0 aliphatic carbocycles. The molecule has 4 aromatic carbocycles. The van der Waals surface area contributed by atoms with Crippen molar-refractivity contribution in [2.45, 2.75) is 61.4 Å². The van der Waals surface area contributed by atoms with Gasteiger partial charge in [-0.05, 0) is 36.6 Å². The second-order valence-corrected chi connectivity index (χ2v) is 19.5. The van der Waals surface area contributed by atoms with Crippen LogP contribution >= 0.6 is 50.7 Å². The van der Waals surface area contributed by atoms with E-state index < -0.39 is 63.3 Å². The fourth-order valence-electron chi connectivity index (χ4n) is 8.11. The van der Waals surface area contributed by atoms with E-state index in [9.17, 15) is 18.3 Å². The monoisotopic (exact) mass is 982 g/mol. The number of ether oxygens (including phenoxy) is 6. The lowest BCUT2D eigenvalue weighted by Gasteiger charge is -2.55. The van der Waals surface area contributed by atoms with E-state index in [4.69, 9.17) is 67.4 Å². The van der Waals surface area contributed by atoms with Gasteiger partial charge < -0.3 is 42.6 Å². The van der Waals surface area contributed by atoms with Crippen LogP contribution in [-0.4, -0.2) is 91.2 Å². The van der Waals surface area contributed by atoms with Crippen LogP contribution in [0.3, 0.4) is 0 Å². The van der Waals surface area contributed by atoms with Crippen molar-refractivity contribution in [3.63, 3.8) is 0 Å². The molecule has 0 saturated carbocycles. The molecule has 0 spiro atoms. The Bertz CT molecular complexity index is 2410. The third-order valence-corrected chi connectivity index (χ3v) is 12.6. The number of aliphatic hydroxyl groups excluding tert-OH is 1. The molecule has 14 nitrogen and oxygen atoms in total. The van der Waals surface area contributed by atoms with Crippen molar-refractivity contribution >= 4 is 72.9 Å². The maximum absolute atomic E-state index is 15.4. The molecule has 61 heavy (non-hydrogen) atoms. The zero-order valence-electron chi connectivity index (χ0n) is 33.4. The molecule has 4 aromatic rings. The van der Waals surface area contributed by atoms with Gasteiger partial charge >= 0.3 is 16.2 Å². The number of piperazine rings is 1. The fourth-order valence-corrected chi connectivity index (χ4v) is 9.33. The van der Waals surface area contributed by atoms with Crippen molar-refractivity contribution in [1.29, 1.82) is 0 Å². The second-order valence-electron chi connectivity index (χ2n) is 14.7. The molecule has 2 amide bonds. The second kappa shape index (κ2) is 18.3. The largest absolute Gasteiger partial charge is 0.493 e. The van der Waals surface area contributed by atoms with Gasteiger partial charge in [0, 0.05) is 33.1 Å². The molecule has 1 N–H and O–H groups in total. The number of aliphatic hydroxyl groups is 1. The normalized spacial score (nSPS) is 18.7. The molecule has 326 valence electrons. The highest BCUT2D eigenvalue weighted by molar-refractivity contribution is 9.10. The van der Waals surface area contributed by atoms with Crippen LogP contribution in [-0.2, 0) is 44.0 Å². The number of alkyl halides is 3. The summed E-state index contributed by atoms with van der Waals surface area (Å²) in [5.41, 5.74) is 4.03. The number of carbonyl (C=O) groups is 2. The predicted molar refractivity (Wildman–Crippen MR) is 229 cm³/mol. The lowest BCUT2D eigenvalue weighted by molar-refractivity contribution is -0.160. The average molecular weight is 985 g/mol. The van der Waals surface area contributed by atoms with E-state index in [1.807, 2.05) is 67.6 Å². The average Bonchev–Trinajstić information content (AvgIpc) is 3.73. The first kappa shape index (κ1) is 44.9. The Hall–Kier alpha value is -4.16. The lowest BCUT2D eigenvalue weighted by atomic mass is 9.78. The molecule has 7 rings (SSSR count). The topological polar surface area (TPSA) is 160 Å².